The molecule has 17 heavy (non-hydrogen) atoms. The number of carbonyl (C=O) groups excluding carboxylic acids is 2. The number of methoxy groups -OCH3 is 1. The molecule has 0 bridgehead atoms. The van der Waals surface area contributed by atoms with E-state index in [9.17, 15) is 18.0 Å². The SMILES string of the molecule is COC(=O)CCS(=O)(=O)NCC(=O)C(C)(C)C. The van der Waals surface area contributed by atoms with Crippen molar-refractivity contribution < 1.29 is 22.7 Å². The number of ether oxygens (including phenoxy) is 1. The maximum atomic E-state index is 11.5. The summed E-state index contributed by atoms with van der Waals surface area (Å²) in [5.41, 5.74) is -0.592. The smallest absolute Gasteiger partial charge is 0.306 e. The monoisotopic (exact) mass is 265 g/mol. The van der Waals surface area contributed by atoms with Gasteiger partial charge in [-0.1, -0.05) is 20.8 Å². The molecule has 0 saturated carbocycles. The summed E-state index contributed by atoms with van der Waals surface area (Å²) < 4.78 is 29.3. The van der Waals surface area contributed by atoms with Gasteiger partial charge in [0.1, 0.15) is 0 Å². The van der Waals surface area contributed by atoms with Gasteiger partial charge in [-0.15, -0.1) is 0 Å². The Hall–Kier alpha value is -0.950. The van der Waals surface area contributed by atoms with Crippen LogP contribution in [0.15, 0.2) is 0 Å². The van der Waals surface area contributed by atoms with Crippen molar-refractivity contribution in [1.82, 2.24) is 4.72 Å². The van der Waals surface area contributed by atoms with E-state index in [-0.39, 0.29) is 24.5 Å². The fraction of sp³-hybridized carbons (Fsp3) is 0.800. The average Bonchev–Trinajstić information content (AvgIpc) is 2.21. The molecule has 0 unspecified atom stereocenters. The maximum absolute atomic E-state index is 11.5. The van der Waals surface area contributed by atoms with Crippen LogP contribution in [0, 0.1) is 5.41 Å². The van der Waals surface area contributed by atoms with Gasteiger partial charge in [-0.05, 0) is 0 Å². The van der Waals surface area contributed by atoms with Crippen LogP contribution in [0.4, 0.5) is 0 Å². The molecule has 6 nitrogen and oxygen atoms in total. The highest BCUT2D eigenvalue weighted by Gasteiger charge is 2.23. The number of Topliss-reactive ketones (excluding diaryl/α,β-unsaturated/α-hetero) is 1. The van der Waals surface area contributed by atoms with E-state index in [0.29, 0.717) is 0 Å². The van der Waals surface area contributed by atoms with Gasteiger partial charge in [0.15, 0.2) is 5.78 Å². The van der Waals surface area contributed by atoms with Crippen LogP contribution in [0.5, 0.6) is 0 Å². The molecule has 0 atom stereocenters. The molecule has 100 valence electrons. The molecule has 0 amide bonds. The van der Waals surface area contributed by atoms with E-state index in [1.54, 1.807) is 20.8 Å². The molecule has 7 heteroatoms. The van der Waals surface area contributed by atoms with Gasteiger partial charge in [-0.2, -0.15) is 0 Å². The summed E-state index contributed by atoms with van der Waals surface area (Å²) >= 11 is 0. The van der Waals surface area contributed by atoms with Crippen LogP contribution < -0.4 is 4.72 Å². The van der Waals surface area contributed by atoms with E-state index in [1.165, 1.54) is 7.11 Å². The van der Waals surface area contributed by atoms with Gasteiger partial charge in [-0.3, -0.25) is 9.59 Å². The summed E-state index contributed by atoms with van der Waals surface area (Å²) in [6.45, 7) is 4.86. The Balaban J connectivity index is 4.20. The lowest BCUT2D eigenvalue weighted by Gasteiger charge is -2.16. The Labute approximate surface area is 102 Å². The second-order valence-corrected chi connectivity index (χ2v) is 6.57. The lowest BCUT2D eigenvalue weighted by molar-refractivity contribution is -0.140. The van der Waals surface area contributed by atoms with Gasteiger partial charge in [0.05, 0.1) is 25.8 Å². The molecule has 0 spiro atoms. The normalized spacial score (nSPS) is 12.2. The number of hydrogen-bond acceptors (Lipinski definition) is 5. The Morgan fingerprint density at radius 3 is 2.18 bits per heavy atom. The summed E-state index contributed by atoms with van der Waals surface area (Å²) in [6, 6.07) is 0. The number of rotatable bonds is 6. The van der Waals surface area contributed by atoms with Crippen LogP contribution in [0.3, 0.4) is 0 Å². The lowest BCUT2D eigenvalue weighted by atomic mass is 9.91. The van der Waals surface area contributed by atoms with Gasteiger partial charge in [-0.25, -0.2) is 13.1 Å². The number of sulfonamides is 1. The molecule has 0 rings (SSSR count). The largest absolute Gasteiger partial charge is 0.469 e. The van der Waals surface area contributed by atoms with Crippen LogP contribution in [0.1, 0.15) is 27.2 Å². The number of nitrogens with one attached hydrogen (secondary N) is 1. The first kappa shape index (κ1) is 16.1. The first-order valence-electron chi connectivity index (χ1n) is 5.16. The van der Waals surface area contributed by atoms with Gasteiger partial charge in [0, 0.05) is 5.41 Å². The summed E-state index contributed by atoms with van der Waals surface area (Å²) in [5, 5.41) is 0. The van der Waals surface area contributed by atoms with E-state index >= 15 is 0 Å². The highest BCUT2D eigenvalue weighted by atomic mass is 32.2. The van der Waals surface area contributed by atoms with Crippen molar-refractivity contribution >= 4 is 21.8 Å². The van der Waals surface area contributed by atoms with Gasteiger partial charge in [0.2, 0.25) is 10.0 Å². The average molecular weight is 265 g/mol. The summed E-state index contributed by atoms with van der Waals surface area (Å²) in [6.07, 6.45) is -0.227. The van der Waals surface area contributed by atoms with E-state index in [4.69, 9.17) is 0 Å². The molecule has 0 aliphatic heterocycles. The molecule has 0 fully saturated rings. The Morgan fingerprint density at radius 2 is 1.76 bits per heavy atom. The van der Waals surface area contributed by atoms with Crippen LogP contribution >= 0.6 is 0 Å². The predicted octanol–water partition coefficient (Wildman–Crippen LogP) is 0.0841. The summed E-state index contributed by atoms with van der Waals surface area (Å²) in [4.78, 5) is 22.3. The number of esters is 1. The molecule has 0 radical (unpaired) electrons. The Morgan fingerprint density at radius 1 is 1.24 bits per heavy atom. The van der Waals surface area contributed by atoms with Crippen LogP contribution in [-0.4, -0.2) is 39.6 Å². The van der Waals surface area contributed by atoms with Crippen molar-refractivity contribution in [2.45, 2.75) is 27.2 Å². The minimum atomic E-state index is -3.61. The molecule has 0 saturated heterocycles. The van der Waals surface area contributed by atoms with Gasteiger partial charge < -0.3 is 4.74 Å². The zero-order valence-electron chi connectivity index (χ0n) is 10.6. The Bertz CT molecular complexity index is 380. The molecular weight excluding hydrogens is 246 g/mol. The summed E-state index contributed by atoms with van der Waals surface area (Å²) in [5.74, 6) is -1.19. The minimum absolute atomic E-state index is 0.209. The molecule has 0 heterocycles. The molecule has 0 aliphatic rings. The van der Waals surface area contributed by atoms with Crippen molar-refractivity contribution in [2.24, 2.45) is 5.41 Å². The maximum Gasteiger partial charge on any atom is 0.306 e. The molecule has 0 aromatic heterocycles. The van der Waals surface area contributed by atoms with Crippen LogP contribution in [0.25, 0.3) is 0 Å². The number of carbonyl (C=O) groups is 2. The van der Waals surface area contributed by atoms with Crippen molar-refractivity contribution in [3.63, 3.8) is 0 Å². The number of ketones is 1. The molecule has 0 aromatic rings. The fourth-order valence-corrected chi connectivity index (χ4v) is 1.76. The van der Waals surface area contributed by atoms with E-state index in [2.05, 4.69) is 9.46 Å². The van der Waals surface area contributed by atoms with Crippen molar-refractivity contribution in [3.8, 4) is 0 Å². The van der Waals surface area contributed by atoms with Crippen LogP contribution in [-0.2, 0) is 24.3 Å². The molecule has 0 aliphatic carbocycles. The summed E-state index contributed by atoms with van der Waals surface area (Å²) in [7, 11) is -2.43. The third-order valence-electron chi connectivity index (χ3n) is 2.09. The first-order valence-corrected chi connectivity index (χ1v) is 6.81. The lowest BCUT2D eigenvalue weighted by Crippen LogP contribution is -2.37. The second kappa shape index (κ2) is 6.11. The minimum Gasteiger partial charge on any atom is -0.469 e. The molecular formula is C10H19NO5S. The fourth-order valence-electron chi connectivity index (χ4n) is 0.833. The number of hydrogen-bond donors (Lipinski definition) is 1. The quantitative estimate of drug-likeness (QED) is 0.687. The third kappa shape index (κ3) is 7.06. The second-order valence-electron chi connectivity index (χ2n) is 4.64. The van der Waals surface area contributed by atoms with Crippen LogP contribution in [0.2, 0.25) is 0 Å². The predicted molar refractivity (Wildman–Crippen MR) is 62.9 cm³/mol. The van der Waals surface area contributed by atoms with Crippen molar-refractivity contribution in [3.05, 3.63) is 0 Å². The van der Waals surface area contributed by atoms with Crippen molar-refractivity contribution in [1.29, 1.82) is 0 Å². The topological polar surface area (TPSA) is 89.5 Å². The zero-order chi connectivity index (χ0) is 13.7. The van der Waals surface area contributed by atoms with E-state index in [1.807, 2.05) is 0 Å². The zero-order valence-corrected chi connectivity index (χ0v) is 11.4. The third-order valence-corrected chi connectivity index (χ3v) is 3.42. The molecule has 1 N–H and O–H groups in total. The highest BCUT2D eigenvalue weighted by Crippen LogP contribution is 2.13. The van der Waals surface area contributed by atoms with E-state index in [0.717, 1.165) is 0 Å². The van der Waals surface area contributed by atoms with Gasteiger partial charge in [0.25, 0.3) is 0 Å². The molecule has 0 aromatic carbocycles. The first-order chi connectivity index (χ1) is 7.58. The Kier molecular flexibility index (Phi) is 5.77. The van der Waals surface area contributed by atoms with Gasteiger partial charge >= 0.3 is 5.97 Å². The van der Waals surface area contributed by atoms with E-state index < -0.39 is 21.4 Å². The highest BCUT2D eigenvalue weighted by molar-refractivity contribution is 7.89. The van der Waals surface area contributed by atoms with Crippen molar-refractivity contribution in [2.75, 3.05) is 19.4 Å². The standard InChI is InChI=1S/C10H19NO5S/c1-10(2,3)8(12)7-11-17(14,15)6-5-9(13)16-4/h11H,5-7H2,1-4H3.